The molecule has 2 aromatic rings. The average Bonchev–Trinajstić information content (AvgIpc) is 2.70. The van der Waals surface area contributed by atoms with Crippen molar-refractivity contribution in [2.45, 2.75) is 25.7 Å². The lowest BCUT2D eigenvalue weighted by Crippen LogP contribution is -2.39. The van der Waals surface area contributed by atoms with Crippen molar-refractivity contribution in [1.29, 1.82) is 0 Å². The van der Waals surface area contributed by atoms with Gasteiger partial charge in [0.1, 0.15) is 17.1 Å². The number of hydrogen-bond donors (Lipinski definition) is 3. The number of nitrogens with two attached hydrogens (primary N) is 1. The molecular weight excluding hydrogens is 437 g/mol. The quantitative estimate of drug-likeness (QED) is 0.617. The van der Waals surface area contributed by atoms with E-state index in [0.29, 0.717) is 13.1 Å². The Kier molecular flexibility index (Phi) is 7.11. The van der Waals surface area contributed by atoms with Crippen molar-refractivity contribution in [1.82, 2.24) is 15.2 Å². The molecule has 0 aliphatic carbocycles. The summed E-state index contributed by atoms with van der Waals surface area (Å²) in [5.41, 5.74) is 5.71. The van der Waals surface area contributed by atoms with Gasteiger partial charge in [-0.2, -0.15) is 0 Å². The highest BCUT2D eigenvalue weighted by atomic mass is 35.5. The van der Waals surface area contributed by atoms with Crippen LogP contribution in [0.1, 0.15) is 28.8 Å². The average molecular weight is 459 g/mol. The molecule has 2 heterocycles. The van der Waals surface area contributed by atoms with Crippen LogP contribution in [0.5, 0.6) is 5.75 Å². The smallest absolute Gasteiger partial charge is 0.406 e. The van der Waals surface area contributed by atoms with Crippen LogP contribution in [0.4, 0.5) is 19.0 Å². The van der Waals surface area contributed by atoms with E-state index in [9.17, 15) is 22.8 Å². The van der Waals surface area contributed by atoms with Crippen molar-refractivity contribution in [3.63, 3.8) is 0 Å². The second-order valence-electron chi connectivity index (χ2n) is 7.40. The Balaban J connectivity index is 1.44. The maximum atomic E-state index is 12.3. The van der Waals surface area contributed by atoms with Gasteiger partial charge < -0.3 is 20.8 Å². The molecule has 1 amide bonds. The van der Waals surface area contributed by atoms with Crippen molar-refractivity contribution in [2.75, 3.05) is 25.4 Å². The molecule has 0 bridgehead atoms. The van der Waals surface area contributed by atoms with E-state index in [2.05, 4.69) is 19.9 Å². The number of likely N-dealkylation sites (tertiary alicyclic amines) is 1. The lowest BCUT2D eigenvalue weighted by atomic mass is 9.96. The van der Waals surface area contributed by atoms with E-state index in [0.717, 1.165) is 31.5 Å². The molecule has 0 saturated carbocycles. The Hall–Kier alpha value is -2.72. The van der Waals surface area contributed by atoms with Crippen LogP contribution < -0.4 is 21.3 Å². The fourth-order valence-corrected chi connectivity index (χ4v) is 3.58. The summed E-state index contributed by atoms with van der Waals surface area (Å²) in [7, 11) is 0. The first-order valence-corrected chi connectivity index (χ1v) is 10.0. The number of benzene rings is 1. The van der Waals surface area contributed by atoms with E-state index in [1.165, 1.54) is 18.2 Å². The van der Waals surface area contributed by atoms with Gasteiger partial charge in [0.2, 0.25) is 0 Å². The highest BCUT2D eigenvalue weighted by molar-refractivity contribution is 6.33. The van der Waals surface area contributed by atoms with Gasteiger partial charge in [-0.1, -0.05) is 23.7 Å². The highest BCUT2D eigenvalue weighted by Gasteiger charge is 2.31. The number of H-pyrrole nitrogens is 1. The summed E-state index contributed by atoms with van der Waals surface area (Å²) in [5, 5.41) is 2.87. The highest BCUT2D eigenvalue weighted by Crippen LogP contribution is 2.24. The third-order valence-electron chi connectivity index (χ3n) is 5.09. The Morgan fingerprint density at radius 3 is 2.52 bits per heavy atom. The Morgan fingerprint density at radius 2 is 1.90 bits per heavy atom. The number of nitrogens with one attached hydrogen (secondary N) is 2. The lowest BCUT2D eigenvalue weighted by Gasteiger charge is -2.32. The standard InChI is InChI=1S/C20H22ClF3N4O3/c21-16-9-15(19(30)27-17(16)25)18(29)26-10-12-5-7-28(8-6-12)11-13-1-3-14(4-2-13)31-20(22,23)24/h1-4,9,12H,5-8,10-11H2,(H,26,29)(H3,25,27,30). The van der Waals surface area contributed by atoms with Crippen LogP contribution in [-0.2, 0) is 6.54 Å². The summed E-state index contributed by atoms with van der Waals surface area (Å²) in [6, 6.07) is 7.08. The van der Waals surface area contributed by atoms with Crippen LogP contribution in [-0.4, -0.2) is 41.8 Å². The summed E-state index contributed by atoms with van der Waals surface area (Å²) < 4.78 is 40.6. The molecule has 0 unspecified atom stereocenters. The van der Waals surface area contributed by atoms with Crippen LogP contribution >= 0.6 is 11.6 Å². The van der Waals surface area contributed by atoms with Gasteiger partial charge in [-0.15, -0.1) is 13.2 Å². The minimum absolute atomic E-state index is 0.0121. The molecule has 1 fully saturated rings. The number of nitrogen functional groups attached to an aromatic ring is 1. The molecule has 0 atom stereocenters. The predicted octanol–water partition coefficient (Wildman–Crippen LogP) is 3.15. The van der Waals surface area contributed by atoms with Gasteiger partial charge in [0.25, 0.3) is 11.5 Å². The van der Waals surface area contributed by atoms with E-state index in [1.54, 1.807) is 12.1 Å². The number of anilines is 1. The summed E-state index contributed by atoms with van der Waals surface area (Å²) in [6.45, 7) is 2.62. The zero-order chi connectivity index (χ0) is 22.6. The fraction of sp³-hybridized carbons (Fsp3) is 0.400. The van der Waals surface area contributed by atoms with Crippen LogP contribution in [0, 0.1) is 5.92 Å². The van der Waals surface area contributed by atoms with E-state index in [1.807, 2.05) is 0 Å². The number of alkyl halides is 3. The molecule has 1 aromatic heterocycles. The number of amides is 1. The number of ether oxygens (including phenoxy) is 1. The van der Waals surface area contributed by atoms with Gasteiger partial charge in [0, 0.05) is 13.1 Å². The monoisotopic (exact) mass is 458 g/mol. The number of aromatic nitrogens is 1. The van der Waals surface area contributed by atoms with Crippen LogP contribution in [0.2, 0.25) is 5.02 Å². The molecule has 0 radical (unpaired) electrons. The second-order valence-corrected chi connectivity index (χ2v) is 7.80. The Labute approximate surface area is 181 Å². The fourth-order valence-electron chi connectivity index (χ4n) is 3.42. The molecule has 3 rings (SSSR count). The maximum Gasteiger partial charge on any atom is 0.573 e. The van der Waals surface area contributed by atoms with Crippen molar-refractivity contribution in [3.8, 4) is 5.75 Å². The van der Waals surface area contributed by atoms with Crippen molar-refractivity contribution < 1.29 is 22.7 Å². The largest absolute Gasteiger partial charge is 0.573 e. The number of pyridine rings is 1. The number of hydrogen-bond acceptors (Lipinski definition) is 5. The van der Waals surface area contributed by atoms with Gasteiger partial charge in [0.05, 0.1) is 5.02 Å². The topological polar surface area (TPSA) is 100 Å². The zero-order valence-electron chi connectivity index (χ0n) is 16.5. The summed E-state index contributed by atoms with van der Waals surface area (Å²) in [5.74, 6) is -0.483. The van der Waals surface area contributed by atoms with E-state index >= 15 is 0 Å². The zero-order valence-corrected chi connectivity index (χ0v) is 17.2. The molecule has 7 nitrogen and oxygen atoms in total. The molecule has 168 valence electrons. The molecule has 1 aliphatic rings. The van der Waals surface area contributed by atoms with E-state index in [-0.39, 0.29) is 28.1 Å². The molecule has 31 heavy (non-hydrogen) atoms. The molecule has 11 heteroatoms. The normalized spacial score (nSPS) is 15.6. The van der Waals surface area contributed by atoms with Gasteiger partial charge >= 0.3 is 6.36 Å². The Bertz CT molecular complexity index is 971. The predicted molar refractivity (Wildman–Crippen MR) is 110 cm³/mol. The summed E-state index contributed by atoms with van der Waals surface area (Å²) >= 11 is 5.86. The molecule has 1 aromatic carbocycles. The van der Waals surface area contributed by atoms with Gasteiger partial charge in [-0.3, -0.25) is 14.5 Å². The van der Waals surface area contributed by atoms with E-state index < -0.39 is 17.8 Å². The third-order valence-corrected chi connectivity index (χ3v) is 5.40. The molecule has 4 N–H and O–H groups in total. The first-order valence-electron chi connectivity index (χ1n) is 9.64. The van der Waals surface area contributed by atoms with E-state index in [4.69, 9.17) is 17.3 Å². The first-order chi connectivity index (χ1) is 14.6. The maximum absolute atomic E-state index is 12.3. The van der Waals surface area contributed by atoms with Crippen molar-refractivity contribution in [3.05, 3.63) is 56.8 Å². The number of nitrogens with zero attached hydrogens (tertiary/aromatic N) is 1. The number of piperidine rings is 1. The number of aromatic amines is 1. The van der Waals surface area contributed by atoms with Crippen LogP contribution in [0.25, 0.3) is 0 Å². The lowest BCUT2D eigenvalue weighted by molar-refractivity contribution is -0.274. The summed E-state index contributed by atoms with van der Waals surface area (Å²) in [6.07, 6.45) is -3.02. The number of carbonyl (C=O) groups is 1. The van der Waals surface area contributed by atoms with Gasteiger partial charge in [-0.05, 0) is 55.6 Å². The Morgan fingerprint density at radius 1 is 1.26 bits per heavy atom. The van der Waals surface area contributed by atoms with Crippen LogP contribution in [0.15, 0.2) is 35.1 Å². The van der Waals surface area contributed by atoms with Crippen molar-refractivity contribution >= 4 is 23.3 Å². The van der Waals surface area contributed by atoms with Gasteiger partial charge in [-0.25, -0.2) is 0 Å². The minimum atomic E-state index is -4.70. The van der Waals surface area contributed by atoms with Gasteiger partial charge in [0.15, 0.2) is 0 Å². The van der Waals surface area contributed by atoms with Crippen LogP contribution in [0.3, 0.4) is 0 Å². The molecule has 0 spiro atoms. The SMILES string of the molecule is Nc1[nH]c(=O)c(C(=O)NCC2CCN(Cc3ccc(OC(F)(F)F)cc3)CC2)cc1Cl. The minimum Gasteiger partial charge on any atom is -0.406 e. The number of halogens is 4. The number of carbonyl (C=O) groups excluding carboxylic acids is 1. The third kappa shape index (κ3) is 6.63. The molecule has 1 saturated heterocycles. The molecular formula is C20H22ClF3N4O3. The second kappa shape index (κ2) is 9.61. The summed E-state index contributed by atoms with van der Waals surface area (Å²) in [4.78, 5) is 28.7. The first kappa shape index (κ1) is 23.0. The van der Waals surface area contributed by atoms with Crippen molar-refractivity contribution in [2.24, 2.45) is 5.92 Å². The number of rotatable bonds is 6. The molecule has 1 aliphatic heterocycles.